The van der Waals surface area contributed by atoms with E-state index in [9.17, 15) is 0 Å². The van der Waals surface area contributed by atoms with Gasteiger partial charge in [0.05, 0.1) is 38.8 Å². The molecule has 0 saturated carbocycles. The van der Waals surface area contributed by atoms with Crippen molar-refractivity contribution in [2.45, 2.75) is 0 Å². The van der Waals surface area contributed by atoms with Crippen molar-refractivity contribution in [3.8, 4) is 17.1 Å². The average Bonchev–Trinajstić information content (AvgIpc) is 1.46. The van der Waals surface area contributed by atoms with E-state index in [1.807, 2.05) is 0 Å². The Morgan fingerprint density at radius 1 is 0.239 bits per heavy atom. The Kier molecular flexibility index (Phi) is 9.75. The monoisotopic (exact) mass is 1120 g/mol. The molecule has 6 heteroatoms. The van der Waals surface area contributed by atoms with Gasteiger partial charge in [-0.3, -0.25) is 0 Å². The minimum absolute atomic E-state index is 0.0865. The summed E-state index contributed by atoms with van der Waals surface area (Å²) < 4.78 is 7.90. The van der Waals surface area contributed by atoms with Crippen molar-refractivity contribution in [2.75, 3.05) is 9.80 Å². The van der Waals surface area contributed by atoms with E-state index < -0.39 is 0 Å². The molecule has 0 spiro atoms. The molecule has 3 aromatic heterocycles. The molecule has 0 saturated heterocycles. The number of para-hydroxylation sites is 4. The van der Waals surface area contributed by atoms with Gasteiger partial charge in [0.1, 0.15) is 0 Å². The summed E-state index contributed by atoms with van der Waals surface area (Å²) in [7, 11) is 0. The highest BCUT2D eigenvalue weighted by atomic mass is 15.2. The molecule has 0 aliphatic carbocycles. The summed E-state index contributed by atoms with van der Waals surface area (Å²) in [5.74, 6) is 0. The van der Waals surface area contributed by atoms with Crippen LogP contribution in [0.5, 0.6) is 0 Å². The van der Waals surface area contributed by atoms with Gasteiger partial charge in [0.25, 0.3) is 6.71 Å². The van der Waals surface area contributed by atoms with E-state index in [-0.39, 0.29) is 6.71 Å². The Balaban J connectivity index is 0.957. The van der Waals surface area contributed by atoms with Crippen LogP contribution in [0.15, 0.2) is 303 Å². The highest BCUT2D eigenvalue weighted by Crippen LogP contribution is 2.49. The summed E-state index contributed by atoms with van der Waals surface area (Å²) in [6, 6.07) is 113. The minimum atomic E-state index is -0.0865. The molecule has 0 fully saturated rings. The predicted molar refractivity (Wildman–Crippen MR) is 374 cm³/mol. The number of hydrogen-bond acceptors (Lipinski definition) is 2. The van der Waals surface area contributed by atoms with Crippen LogP contribution in [0.2, 0.25) is 0 Å². The smallest absolute Gasteiger partial charge is 0.252 e. The lowest BCUT2D eigenvalue weighted by atomic mass is 9.34. The molecule has 0 amide bonds. The molecular formula is C82H50BN5. The van der Waals surface area contributed by atoms with Gasteiger partial charge in [0.2, 0.25) is 0 Å². The van der Waals surface area contributed by atoms with Crippen LogP contribution < -0.4 is 26.2 Å². The lowest BCUT2D eigenvalue weighted by molar-refractivity contribution is 1.10. The predicted octanol–water partition coefficient (Wildman–Crippen LogP) is 19.7. The summed E-state index contributed by atoms with van der Waals surface area (Å²) in [5, 5.41) is 17.6. The fraction of sp³-hybridized carbons (Fsp3) is 0. The molecule has 18 aromatic rings. The van der Waals surface area contributed by atoms with E-state index in [1.165, 1.54) is 114 Å². The van der Waals surface area contributed by atoms with E-state index in [0.717, 1.165) is 61.6 Å². The summed E-state index contributed by atoms with van der Waals surface area (Å²) in [4.78, 5) is 4.77. The quantitative estimate of drug-likeness (QED) is 0.148. The summed E-state index contributed by atoms with van der Waals surface area (Å²) in [6.45, 7) is -0.0865. The van der Waals surface area contributed by atoms with Gasteiger partial charge in [0, 0.05) is 77.8 Å². The number of rotatable bonds is 7. The van der Waals surface area contributed by atoms with E-state index >= 15 is 0 Å². The van der Waals surface area contributed by atoms with Crippen LogP contribution in [0.4, 0.5) is 34.1 Å². The number of benzene rings is 15. The van der Waals surface area contributed by atoms with Gasteiger partial charge in [-0.25, -0.2) is 0 Å². The molecule has 0 unspecified atom stereocenters. The van der Waals surface area contributed by atoms with Crippen molar-refractivity contribution in [1.82, 2.24) is 13.7 Å². The Labute approximate surface area is 506 Å². The van der Waals surface area contributed by atoms with Crippen LogP contribution in [-0.4, -0.2) is 20.4 Å². The van der Waals surface area contributed by atoms with Crippen molar-refractivity contribution in [1.29, 1.82) is 0 Å². The highest BCUT2D eigenvalue weighted by molar-refractivity contribution is 7.00. The molecule has 5 nitrogen and oxygen atoms in total. The fourth-order valence-corrected chi connectivity index (χ4v) is 15.9. The maximum atomic E-state index is 2.67. The largest absolute Gasteiger partial charge is 0.310 e. The number of aromatic nitrogens is 3. The number of nitrogens with zero attached hydrogens (tertiary/aromatic N) is 5. The van der Waals surface area contributed by atoms with E-state index in [2.05, 4.69) is 327 Å². The van der Waals surface area contributed by atoms with E-state index in [4.69, 9.17) is 0 Å². The minimum Gasteiger partial charge on any atom is -0.310 e. The highest BCUT2D eigenvalue weighted by Gasteiger charge is 2.43. The first-order valence-corrected chi connectivity index (χ1v) is 30.5. The van der Waals surface area contributed by atoms with Gasteiger partial charge in [-0.2, -0.15) is 0 Å². The zero-order chi connectivity index (χ0) is 57.3. The van der Waals surface area contributed by atoms with Crippen molar-refractivity contribution in [3.05, 3.63) is 303 Å². The maximum absolute atomic E-state index is 2.67. The lowest BCUT2D eigenvalue weighted by Gasteiger charge is -2.34. The van der Waals surface area contributed by atoms with E-state index in [1.54, 1.807) is 0 Å². The van der Waals surface area contributed by atoms with Crippen LogP contribution in [0.1, 0.15) is 0 Å². The van der Waals surface area contributed by atoms with Crippen molar-refractivity contribution < 1.29 is 0 Å². The second-order valence-corrected chi connectivity index (χ2v) is 23.9. The Hall–Kier alpha value is -11.6. The Bertz CT molecular complexity index is 5560. The number of fused-ring (bicyclic) bond motifs is 21. The average molecular weight is 1120 g/mol. The van der Waals surface area contributed by atoms with Gasteiger partial charge in [-0.05, 0) is 169 Å². The molecule has 5 heterocycles. The SMILES string of the molecule is c1ccc(N(c2ccccc2)c2ccc3c(c2)c2cc(N(c4ccccc4)c4ccccc4)ccc2n3-c2cc3c4c(c2)-n2c5ccc6ccccc6c5c5c6ccccc6cc(c52)B4c2cc4ccccc4c4c5c6ccccc6ccc5n-3c24)cc1. The van der Waals surface area contributed by atoms with Gasteiger partial charge in [0.15, 0.2) is 0 Å². The molecular weight excluding hydrogens is 1070 g/mol. The van der Waals surface area contributed by atoms with Crippen LogP contribution in [-0.2, 0) is 0 Å². The van der Waals surface area contributed by atoms with E-state index in [0.29, 0.717) is 0 Å². The Morgan fingerprint density at radius 2 is 0.580 bits per heavy atom. The maximum Gasteiger partial charge on any atom is 0.252 e. The van der Waals surface area contributed by atoms with Crippen molar-refractivity contribution >= 4 is 166 Å². The first kappa shape index (κ1) is 47.7. The third kappa shape index (κ3) is 6.50. The van der Waals surface area contributed by atoms with Crippen LogP contribution in [0.3, 0.4) is 0 Å². The lowest BCUT2D eigenvalue weighted by Crippen LogP contribution is -2.59. The van der Waals surface area contributed by atoms with Gasteiger partial charge in [-0.15, -0.1) is 0 Å². The third-order valence-corrected chi connectivity index (χ3v) is 19.4. The number of hydrogen-bond donors (Lipinski definition) is 0. The molecule has 0 N–H and O–H groups in total. The van der Waals surface area contributed by atoms with Gasteiger partial charge >= 0.3 is 0 Å². The molecule has 15 aromatic carbocycles. The van der Waals surface area contributed by atoms with Crippen molar-refractivity contribution in [2.24, 2.45) is 0 Å². The zero-order valence-electron chi connectivity index (χ0n) is 47.7. The summed E-state index contributed by atoms with van der Waals surface area (Å²) >= 11 is 0. The molecule has 0 radical (unpaired) electrons. The van der Waals surface area contributed by atoms with Crippen LogP contribution in [0, 0.1) is 0 Å². The first-order chi connectivity index (χ1) is 43.7. The van der Waals surface area contributed by atoms with Crippen molar-refractivity contribution in [3.63, 3.8) is 0 Å². The van der Waals surface area contributed by atoms with Crippen LogP contribution in [0.25, 0.3) is 126 Å². The summed E-state index contributed by atoms with van der Waals surface area (Å²) in [6.07, 6.45) is 0. The molecule has 2 aliphatic heterocycles. The molecule has 0 bridgehead atoms. The Morgan fingerprint density at radius 3 is 0.977 bits per heavy atom. The second-order valence-electron chi connectivity index (χ2n) is 23.9. The topological polar surface area (TPSA) is 21.3 Å². The third-order valence-electron chi connectivity index (χ3n) is 19.4. The van der Waals surface area contributed by atoms with Gasteiger partial charge in [-0.1, -0.05) is 194 Å². The number of anilines is 6. The molecule has 406 valence electrons. The molecule has 2 aliphatic rings. The zero-order valence-corrected chi connectivity index (χ0v) is 47.7. The summed E-state index contributed by atoms with van der Waals surface area (Å²) in [5.41, 5.74) is 21.3. The molecule has 88 heavy (non-hydrogen) atoms. The first-order valence-electron chi connectivity index (χ1n) is 30.5. The standard InChI is InChI=1S/C82H50BN5/c1-5-25-55(26-6-1)84(56-27-7-2-8-28-56)59-39-43-70-66(47-59)67-48-60(85(57-29-9-3-10-30-57)58-31-11-4-12-32-58)40-44-71(67)86(70)61-49-74-80-75(50-61)88-73-42-38-52-22-14-18-34-63(52)77(73)79-65-36-20-16-24-54(65)46-69(82(79)88)83(80)68-45-53-23-15-19-35-64(53)78-76-62-33-17-13-21-51(62)37-41-72(76)87(74)81(68)78/h1-50H. The molecule has 0 atom stereocenters. The fourth-order valence-electron chi connectivity index (χ4n) is 15.9. The molecule has 20 rings (SSSR count). The van der Waals surface area contributed by atoms with Gasteiger partial charge < -0.3 is 23.5 Å². The normalized spacial score (nSPS) is 12.5. The second kappa shape index (κ2) is 18.0. The van der Waals surface area contributed by atoms with Crippen LogP contribution >= 0.6 is 0 Å².